The van der Waals surface area contributed by atoms with Crippen molar-refractivity contribution in [3.05, 3.63) is 17.1 Å². The number of nitrogens with zero attached hydrogens (tertiary/aromatic N) is 8. The largest absolute Gasteiger partial charge is 0.477 e. The van der Waals surface area contributed by atoms with E-state index in [9.17, 15) is 5.26 Å². The van der Waals surface area contributed by atoms with Crippen LogP contribution in [0.2, 0.25) is 0 Å². The molecule has 1 aromatic carbocycles. The summed E-state index contributed by atoms with van der Waals surface area (Å²) < 4.78 is 21.0. The fourth-order valence-electron chi connectivity index (χ4n) is 2.91. The van der Waals surface area contributed by atoms with Crippen molar-refractivity contribution in [3.8, 4) is 29.6 Å². The monoisotopic (exact) mass is 404 g/mol. The summed E-state index contributed by atoms with van der Waals surface area (Å²) >= 11 is 0. The van der Waals surface area contributed by atoms with Gasteiger partial charge in [-0.25, -0.2) is 24.9 Å². The Balaban J connectivity index is 2.34. The maximum atomic E-state index is 9.39. The Morgan fingerprint density at radius 2 is 0.967 bits per heavy atom. The van der Waals surface area contributed by atoms with Crippen LogP contribution in [0.1, 0.15) is 5.69 Å². The summed E-state index contributed by atoms with van der Waals surface area (Å²) in [5.74, 6) is 0.279. The Labute approximate surface area is 168 Å². The van der Waals surface area contributed by atoms with Crippen LogP contribution in [-0.2, 0) is 0 Å². The highest BCUT2D eigenvalue weighted by Crippen LogP contribution is 2.37. The zero-order valence-electron chi connectivity index (χ0n) is 16.2. The number of ether oxygens (including phenoxy) is 4. The Morgan fingerprint density at radius 3 is 1.27 bits per heavy atom. The van der Waals surface area contributed by atoms with E-state index >= 15 is 0 Å². The van der Waals surface area contributed by atoms with Crippen LogP contribution in [0.3, 0.4) is 0 Å². The van der Waals surface area contributed by atoms with E-state index in [0.29, 0.717) is 0 Å². The smallest absolute Gasteiger partial charge is 0.307 e. The molecule has 0 bridgehead atoms. The number of hydrogen-bond donors (Lipinski definition) is 0. The van der Waals surface area contributed by atoms with Crippen LogP contribution in [0.5, 0.6) is 23.5 Å². The minimum atomic E-state index is -0.171. The SMILES string of the molecule is [C-]#[N+]c1nc2c(nc1C#N)c1nc(OC)c(OC)nc1c1nc(OC)c(OC)nc21. The third-order valence-electron chi connectivity index (χ3n) is 4.20. The normalized spacial score (nSPS) is 10.6. The van der Waals surface area contributed by atoms with Gasteiger partial charge in [0.25, 0.3) is 23.5 Å². The van der Waals surface area contributed by atoms with Crippen LogP contribution in [0.4, 0.5) is 5.82 Å². The summed E-state index contributed by atoms with van der Waals surface area (Å²) in [6, 6.07) is 1.87. The molecule has 0 amide bonds. The lowest BCUT2D eigenvalue weighted by Crippen LogP contribution is -2.04. The predicted molar refractivity (Wildman–Crippen MR) is 103 cm³/mol. The molecule has 0 unspecified atom stereocenters. The van der Waals surface area contributed by atoms with Gasteiger partial charge >= 0.3 is 5.82 Å². The van der Waals surface area contributed by atoms with E-state index in [4.69, 9.17) is 25.5 Å². The lowest BCUT2D eigenvalue weighted by molar-refractivity contribution is 0.333. The van der Waals surface area contributed by atoms with Gasteiger partial charge in [0.15, 0.2) is 5.69 Å². The average Bonchev–Trinajstić information content (AvgIpc) is 2.81. The van der Waals surface area contributed by atoms with Gasteiger partial charge in [-0.15, -0.1) is 4.98 Å². The summed E-state index contributed by atoms with van der Waals surface area (Å²) in [6.45, 7) is 7.32. The maximum Gasteiger partial charge on any atom is 0.307 e. The molecule has 0 aliphatic carbocycles. The first kappa shape index (κ1) is 18.8. The number of benzene rings is 1. The molecule has 3 heterocycles. The Bertz CT molecular complexity index is 1320. The fraction of sp³-hybridized carbons (Fsp3) is 0.222. The highest BCUT2D eigenvalue weighted by Gasteiger charge is 2.25. The summed E-state index contributed by atoms with van der Waals surface area (Å²) in [6.07, 6.45) is 0. The second-order valence-electron chi connectivity index (χ2n) is 5.70. The molecule has 4 rings (SSSR count). The van der Waals surface area contributed by atoms with Crippen molar-refractivity contribution in [1.82, 2.24) is 29.9 Å². The molecule has 0 saturated carbocycles. The van der Waals surface area contributed by atoms with Crippen molar-refractivity contribution in [1.29, 1.82) is 5.26 Å². The van der Waals surface area contributed by atoms with Crippen molar-refractivity contribution in [3.63, 3.8) is 0 Å². The molecular weight excluding hydrogens is 392 g/mol. The third kappa shape index (κ3) is 2.59. The standard InChI is InChI=1S/C18H12N8O4/c1-20-14-7(6-19)21-8-9(22-14)11-13(26-18(30-5)16(24-11)28-3)12-10(8)23-15(27-2)17(25-12)29-4/h2-5H3. The topological polar surface area (TPSA) is 142 Å². The van der Waals surface area contributed by atoms with Crippen molar-refractivity contribution >= 4 is 38.9 Å². The van der Waals surface area contributed by atoms with E-state index in [0.717, 1.165) is 0 Å². The van der Waals surface area contributed by atoms with E-state index < -0.39 is 0 Å². The third-order valence-corrected chi connectivity index (χ3v) is 4.20. The van der Waals surface area contributed by atoms with E-state index in [-0.39, 0.29) is 68.1 Å². The van der Waals surface area contributed by atoms with Crippen molar-refractivity contribution < 1.29 is 18.9 Å². The predicted octanol–water partition coefficient (Wildman–Crippen LogP) is 1.97. The van der Waals surface area contributed by atoms with Crippen LogP contribution in [0.15, 0.2) is 0 Å². The summed E-state index contributed by atoms with van der Waals surface area (Å²) in [5, 5.41) is 9.39. The molecule has 3 aromatic heterocycles. The zero-order chi connectivity index (χ0) is 21.4. The number of methoxy groups -OCH3 is 4. The van der Waals surface area contributed by atoms with Gasteiger partial charge in [0, 0.05) is 0 Å². The van der Waals surface area contributed by atoms with Gasteiger partial charge in [0.1, 0.15) is 33.7 Å². The number of aromatic nitrogens is 6. The molecule has 0 radical (unpaired) electrons. The summed E-state index contributed by atoms with van der Waals surface area (Å²) in [5.41, 5.74) is 1.31. The molecule has 0 spiro atoms. The van der Waals surface area contributed by atoms with Gasteiger partial charge in [-0.3, -0.25) is 0 Å². The second-order valence-corrected chi connectivity index (χ2v) is 5.70. The second kappa shape index (κ2) is 7.10. The highest BCUT2D eigenvalue weighted by molar-refractivity contribution is 6.18. The molecule has 12 heteroatoms. The lowest BCUT2D eigenvalue weighted by atomic mass is 10.2. The van der Waals surface area contributed by atoms with Gasteiger partial charge < -0.3 is 23.8 Å². The molecule has 0 atom stereocenters. The first-order valence-electron chi connectivity index (χ1n) is 8.30. The molecule has 30 heavy (non-hydrogen) atoms. The van der Waals surface area contributed by atoms with E-state index in [1.807, 2.05) is 6.07 Å². The van der Waals surface area contributed by atoms with Crippen LogP contribution < -0.4 is 18.9 Å². The van der Waals surface area contributed by atoms with Gasteiger partial charge in [0.2, 0.25) is 5.52 Å². The average molecular weight is 404 g/mol. The molecule has 0 aliphatic rings. The van der Waals surface area contributed by atoms with Crippen molar-refractivity contribution in [2.24, 2.45) is 0 Å². The minimum absolute atomic E-state index is 0.105. The first-order valence-corrected chi connectivity index (χ1v) is 8.30. The highest BCUT2D eigenvalue weighted by atomic mass is 16.5. The Hall–Kier alpha value is -4.58. The Kier molecular flexibility index (Phi) is 4.44. The van der Waals surface area contributed by atoms with Gasteiger partial charge in [0.05, 0.1) is 28.4 Å². The van der Waals surface area contributed by atoms with Crippen molar-refractivity contribution in [2.75, 3.05) is 28.4 Å². The van der Waals surface area contributed by atoms with Crippen LogP contribution in [0, 0.1) is 17.9 Å². The van der Waals surface area contributed by atoms with Crippen LogP contribution >= 0.6 is 0 Å². The van der Waals surface area contributed by atoms with Gasteiger partial charge in [-0.2, -0.15) is 5.26 Å². The summed E-state index contributed by atoms with van der Waals surface area (Å²) in [7, 11) is 5.68. The minimum Gasteiger partial charge on any atom is -0.477 e. The van der Waals surface area contributed by atoms with Gasteiger partial charge in [-0.05, 0) is 0 Å². The molecule has 4 aromatic rings. The Morgan fingerprint density at radius 1 is 0.633 bits per heavy atom. The molecule has 0 saturated heterocycles. The molecule has 0 N–H and O–H groups in total. The molecule has 0 fully saturated rings. The van der Waals surface area contributed by atoms with Crippen LogP contribution in [0.25, 0.3) is 37.9 Å². The van der Waals surface area contributed by atoms with Crippen molar-refractivity contribution in [2.45, 2.75) is 0 Å². The van der Waals surface area contributed by atoms with Crippen LogP contribution in [-0.4, -0.2) is 58.3 Å². The molecule has 12 nitrogen and oxygen atoms in total. The number of rotatable bonds is 4. The van der Waals surface area contributed by atoms with Gasteiger partial charge in [-0.1, -0.05) is 6.57 Å². The molecule has 0 aliphatic heterocycles. The first-order chi connectivity index (χ1) is 14.6. The number of fused-ring (bicyclic) bond motifs is 6. The number of nitriles is 1. The summed E-state index contributed by atoms with van der Waals surface area (Å²) in [4.78, 5) is 29.6. The molecule has 148 valence electrons. The lowest BCUT2D eigenvalue weighted by Gasteiger charge is -2.11. The molecular formula is C18H12N8O4. The fourth-order valence-corrected chi connectivity index (χ4v) is 2.91. The number of hydrogen-bond acceptors (Lipinski definition) is 11. The van der Waals surface area contributed by atoms with E-state index in [2.05, 4.69) is 34.7 Å². The maximum absolute atomic E-state index is 9.39. The van der Waals surface area contributed by atoms with E-state index in [1.54, 1.807) is 0 Å². The zero-order valence-corrected chi connectivity index (χ0v) is 16.2. The quantitative estimate of drug-likeness (QED) is 0.364. The van der Waals surface area contributed by atoms with E-state index in [1.165, 1.54) is 28.4 Å².